The van der Waals surface area contributed by atoms with Crippen molar-refractivity contribution in [2.75, 3.05) is 0 Å². The molecule has 0 bridgehead atoms. The fraction of sp³-hybridized carbons (Fsp3) is 0.500. The highest BCUT2D eigenvalue weighted by molar-refractivity contribution is 5.85. The summed E-state index contributed by atoms with van der Waals surface area (Å²) in [7, 11) is 0. The molecule has 1 atom stereocenters. The SMILES string of the molecule is O=C1C[C@H]2CC=C(O)N12. The van der Waals surface area contributed by atoms with Crippen molar-refractivity contribution in [3.8, 4) is 0 Å². The number of rotatable bonds is 0. The van der Waals surface area contributed by atoms with Gasteiger partial charge in [0.15, 0.2) is 5.88 Å². The number of amides is 1. The van der Waals surface area contributed by atoms with Crippen LogP contribution in [0.4, 0.5) is 0 Å². The molecule has 2 aliphatic heterocycles. The Morgan fingerprint density at radius 1 is 1.78 bits per heavy atom. The van der Waals surface area contributed by atoms with Crippen LogP contribution in [0.25, 0.3) is 0 Å². The second-order valence-electron chi connectivity index (χ2n) is 2.42. The maximum atomic E-state index is 10.6. The van der Waals surface area contributed by atoms with Gasteiger partial charge in [-0.05, 0) is 12.5 Å². The van der Waals surface area contributed by atoms with Crippen LogP contribution in [0.2, 0.25) is 0 Å². The van der Waals surface area contributed by atoms with Gasteiger partial charge in [0.2, 0.25) is 5.91 Å². The molecular formula is C6H7NO2. The van der Waals surface area contributed by atoms with E-state index in [1.54, 1.807) is 6.08 Å². The standard InChI is InChI=1S/C6H7NO2/c8-5-2-1-4-3-6(9)7(4)5/h2,4,8H,1,3H2/t4-/m1/s1. The lowest BCUT2D eigenvalue weighted by atomic mass is 10.0. The van der Waals surface area contributed by atoms with Crippen LogP contribution < -0.4 is 0 Å². The molecule has 2 aliphatic rings. The third-order valence-corrected chi connectivity index (χ3v) is 1.86. The first-order chi connectivity index (χ1) is 4.29. The van der Waals surface area contributed by atoms with Crippen molar-refractivity contribution in [1.29, 1.82) is 0 Å². The lowest BCUT2D eigenvalue weighted by Gasteiger charge is -2.34. The van der Waals surface area contributed by atoms with E-state index in [2.05, 4.69) is 0 Å². The van der Waals surface area contributed by atoms with Gasteiger partial charge in [0, 0.05) is 6.42 Å². The van der Waals surface area contributed by atoms with Crippen LogP contribution in [-0.2, 0) is 4.79 Å². The molecule has 0 aromatic carbocycles. The van der Waals surface area contributed by atoms with Gasteiger partial charge in [-0.3, -0.25) is 9.69 Å². The minimum absolute atomic E-state index is 0.0475. The number of carbonyl (C=O) groups excluding carboxylic acids is 1. The van der Waals surface area contributed by atoms with Crippen molar-refractivity contribution in [3.63, 3.8) is 0 Å². The third kappa shape index (κ3) is 0.439. The Bertz CT molecular complexity index is 197. The average molecular weight is 125 g/mol. The van der Waals surface area contributed by atoms with Crippen LogP contribution >= 0.6 is 0 Å². The first kappa shape index (κ1) is 4.85. The number of β-lactam (4-membered cyclic amide) rings is 1. The van der Waals surface area contributed by atoms with E-state index in [-0.39, 0.29) is 17.8 Å². The molecule has 0 aliphatic carbocycles. The van der Waals surface area contributed by atoms with Gasteiger partial charge in [-0.25, -0.2) is 0 Å². The number of aliphatic hydroxyl groups is 1. The van der Waals surface area contributed by atoms with E-state index in [1.807, 2.05) is 0 Å². The first-order valence-electron chi connectivity index (χ1n) is 3.00. The number of fused-ring (bicyclic) bond motifs is 1. The van der Waals surface area contributed by atoms with Gasteiger partial charge >= 0.3 is 0 Å². The molecular weight excluding hydrogens is 118 g/mol. The van der Waals surface area contributed by atoms with Crippen LogP contribution in [0.5, 0.6) is 0 Å². The molecule has 1 saturated heterocycles. The Morgan fingerprint density at radius 3 is 3.00 bits per heavy atom. The summed E-state index contributed by atoms with van der Waals surface area (Å²) < 4.78 is 0. The summed E-state index contributed by atoms with van der Waals surface area (Å²) in [5.41, 5.74) is 0. The zero-order chi connectivity index (χ0) is 6.43. The number of carbonyl (C=O) groups is 1. The second-order valence-corrected chi connectivity index (χ2v) is 2.42. The molecule has 1 fully saturated rings. The Morgan fingerprint density at radius 2 is 2.56 bits per heavy atom. The quantitative estimate of drug-likeness (QED) is 0.476. The zero-order valence-corrected chi connectivity index (χ0v) is 4.87. The van der Waals surface area contributed by atoms with Gasteiger partial charge in [0.1, 0.15) is 0 Å². The fourth-order valence-electron chi connectivity index (χ4n) is 1.33. The maximum absolute atomic E-state index is 10.6. The van der Waals surface area contributed by atoms with Gasteiger partial charge in [-0.2, -0.15) is 0 Å². The largest absolute Gasteiger partial charge is 0.495 e. The molecule has 0 radical (unpaired) electrons. The minimum Gasteiger partial charge on any atom is -0.495 e. The monoisotopic (exact) mass is 125 g/mol. The molecule has 0 unspecified atom stereocenters. The van der Waals surface area contributed by atoms with E-state index < -0.39 is 0 Å². The number of hydrogen-bond acceptors (Lipinski definition) is 2. The van der Waals surface area contributed by atoms with Gasteiger partial charge in [-0.15, -0.1) is 0 Å². The van der Waals surface area contributed by atoms with Crippen molar-refractivity contribution < 1.29 is 9.90 Å². The Kier molecular flexibility index (Phi) is 0.695. The smallest absolute Gasteiger partial charge is 0.231 e. The van der Waals surface area contributed by atoms with Gasteiger partial charge in [0.25, 0.3) is 0 Å². The first-order valence-corrected chi connectivity index (χ1v) is 3.00. The minimum atomic E-state index is 0.0475. The van der Waals surface area contributed by atoms with Crippen molar-refractivity contribution in [1.82, 2.24) is 4.90 Å². The lowest BCUT2D eigenvalue weighted by molar-refractivity contribution is -0.143. The highest BCUT2D eigenvalue weighted by atomic mass is 16.3. The Labute approximate surface area is 52.6 Å². The van der Waals surface area contributed by atoms with Crippen molar-refractivity contribution in [3.05, 3.63) is 12.0 Å². The molecule has 2 heterocycles. The zero-order valence-electron chi connectivity index (χ0n) is 4.87. The van der Waals surface area contributed by atoms with Crippen LogP contribution in [-0.4, -0.2) is 22.0 Å². The van der Waals surface area contributed by atoms with Crippen molar-refractivity contribution in [2.45, 2.75) is 18.9 Å². The predicted octanol–water partition coefficient (Wildman–Crippen LogP) is 0.390. The molecule has 1 N–H and O–H groups in total. The van der Waals surface area contributed by atoms with Crippen molar-refractivity contribution >= 4 is 5.91 Å². The van der Waals surface area contributed by atoms with Gasteiger partial charge < -0.3 is 5.11 Å². The number of nitrogens with zero attached hydrogens (tertiary/aromatic N) is 1. The van der Waals surface area contributed by atoms with Crippen LogP contribution in [0.15, 0.2) is 12.0 Å². The van der Waals surface area contributed by atoms with E-state index in [0.29, 0.717) is 6.42 Å². The van der Waals surface area contributed by atoms with Crippen LogP contribution in [0.3, 0.4) is 0 Å². The number of aliphatic hydroxyl groups excluding tert-OH is 1. The van der Waals surface area contributed by atoms with E-state index >= 15 is 0 Å². The maximum Gasteiger partial charge on any atom is 0.231 e. The summed E-state index contributed by atoms with van der Waals surface area (Å²) in [6, 6.07) is 0.289. The number of hydrogen-bond donors (Lipinski definition) is 1. The van der Waals surface area contributed by atoms with Crippen LogP contribution in [0.1, 0.15) is 12.8 Å². The second kappa shape index (κ2) is 1.29. The molecule has 3 heteroatoms. The molecule has 0 aromatic rings. The molecule has 3 nitrogen and oxygen atoms in total. The summed E-state index contributed by atoms with van der Waals surface area (Å²) in [5, 5.41) is 8.96. The summed E-state index contributed by atoms with van der Waals surface area (Å²) in [4.78, 5) is 12.1. The summed E-state index contributed by atoms with van der Waals surface area (Å²) >= 11 is 0. The normalized spacial score (nSPS) is 31.6. The topological polar surface area (TPSA) is 40.5 Å². The molecule has 1 amide bonds. The van der Waals surface area contributed by atoms with E-state index in [1.165, 1.54) is 4.90 Å². The molecule has 0 spiro atoms. The third-order valence-electron chi connectivity index (χ3n) is 1.86. The highest BCUT2D eigenvalue weighted by Gasteiger charge is 2.41. The van der Waals surface area contributed by atoms with E-state index in [9.17, 15) is 4.79 Å². The molecule has 48 valence electrons. The molecule has 0 saturated carbocycles. The van der Waals surface area contributed by atoms with Crippen molar-refractivity contribution in [2.24, 2.45) is 0 Å². The Balaban J connectivity index is 2.24. The summed E-state index contributed by atoms with van der Waals surface area (Å²) in [5.74, 6) is 0.197. The van der Waals surface area contributed by atoms with Gasteiger partial charge in [0.05, 0.1) is 6.04 Å². The van der Waals surface area contributed by atoms with E-state index in [0.717, 1.165) is 6.42 Å². The Hall–Kier alpha value is -0.990. The predicted molar refractivity (Wildman–Crippen MR) is 30.6 cm³/mol. The van der Waals surface area contributed by atoms with Gasteiger partial charge in [-0.1, -0.05) is 0 Å². The van der Waals surface area contributed by atoms with Crippen LogP contribution in [0, 0.1) is 0 Å². The van der Waals surface area contributed by atoms with E-state index in [4.69, 9.17) is 5.11 Å². The summed E-state index contributed by atoms with van der Waals surface area (Å²) in [6.07, 6.45) is 3.13. The fourth-order valence-corrected chi connectivity index (χ4v) is 1.33. The summed E-state index contributed by atoms with van der Waals surface area (Å²) in [6.45, 7) is 0. The molecule has 0 aromatic heterocycles. The molecule has 9 heavy (non-hydrogen) atoms. The molecule has 2 rings (SSSR count). The lowest BCUT2D eigenvalue weighted by Crippen LogP contribution is -2.48. The average Bonchev–Trinajstić information content (AvgIpc) is 2.04. The highest BCUT2D eigenvalue weighted by Crippen LogP contribution is 2.31.